The average molecular weight is 333 g/mol. The number of nitrogens with one attached hydrogen (secondary N) is 1. The topological polar surface area (TPSA) is 82.5 Å². The molecule has 2 N–H and O–H groups in total. The van der Waals surface area contributed by atoms with Crippen LogP contribution >= 0.6 is 0 Å². The van der Waals surface area contributed by atoms with Gasteiger partial charge in [-0.3, -0.25) is 14.7 Å². The van der Waals surface area contributed by atoms with Crippen LogP contribution in [0.2, 0.25) is 0 Å². The van der Waals surface area contributed by atoms with Crippen molar-refractivity contribution in [3.8, 4) is 0 Å². The molecule has 0 unspecified atom stereocenters. The average Bonchev–Trinajstić information content (AvgIpc) is 3.05. The second-order valence-electron chi connectivity index (χ2n) is 5.90. The number of amides is 2. The highest BCUT2D eigenvalue weighted by Crippen LogP contribution is 2.29. The molecule has 0 spiro atoms. The molecule has 25 heavy (non-hydrogen) atoms. The fourth-order valence-electron chi connectivity index (χ4n) is 3.08. The molecule has 0 saturated heterocycles. The first-order valence-corrected chi connectivity index (χ1v) is 7.91. The molecule has 0 bridgehead atoms. The number of pyridine rings is 1. The van der Waals surface area contributed by atoms with E-state index in [9.17, 15) is 9.59 Å². The summed E-state index contributed by atoms with van der Waals surface area (Å²) in [7, 11) is 0. The first kappa shape index (κ1) is 15.1. The number of carbonyl (C=O) groups excluding carboxylic acids is 1. The molecule has 3 aromatic rings. The van der Waals surface area contributed by atoms with Crippen molar-refractivity contribution in [1.29, 1.82) is 0 Å². The third-order valence-corrected chi connectivity index (χ3v) is 4.32. The molecular weight excluding hydrogens is 318 g/mol. The maximum atomic E-state index is 12.5. The van der Waals surface area contributed by atoms with Gasteiger partial charge in [0, 0.05) is 17.5 Å². The molecule has 2 amide bonds. The fraction of sp³-hybridized carbons (Fsp3) is 0.105. The summed E-state index contributed by atoms with van der Waals surface area (Å²) in [4.78, 5) is 29.3. The van der Waals surface area contributed by atoms with Crippen LogP contribution in [-0.2, 0) is 6.42 Å². The third-order valence-electron chi connectivity index (χ3n) is 4.32. The summed E-state index contributed by atoms with van der Waals surface area (Å²) in [6, 6.07) is 14.6. The van der Waals surface area contributed by atoms with Gasteiger partial charge in [0.25, 0.3) is 5.91 Å². The van der Waals surface area contributed by atoms with E-state index >= 15 is 0 Å². The van der Waals surface area contributed by atoms with E-state index in [4.69, 9.17) is 5.11 Å². The Morgan fingerprint density at radius 1 is 1.12 bits per heavy atom. The van der Waals surface area contributed by atoms with E-state index in [-0.39, 0.29) is 5.91 Å². The van der Waals surface area contributed by atoms with Crippen LogP contribution in [0, 0.1) is 0 Å². The Labute approximate surface area is 143 Å². The Morgan fingerprint density at radius 3 is 2.80 bits per heavy atom. The molecule has 124 valence electrons. The number of para-hydroxylation sites is 1. The maximum absolute atomic E-state index is 12.5. The van der Waals surface area contributed by atoms with Gasteiger partial charge in [-0.2, -0.15) is 0 Å². The molecule has 2 aromatic carbocycles. The predicted molar refractivity (Wildman–Crippen MR) is 95.2 cm³/mol. The Balaban J connectivity index is 1.58. The van der Waals surface area contributed by atoms with E-state index in [1.54, 1.807) is 24.4 Å². The number of carboxylic acid groups (broad SMARTS) is 1. The van der Waals surface area contributed by atoms with Crippen molar-refractivity contribution < 1.29 is 14.7 Å². The molecule has 6 heteroatoms. The molecular formula is C19H15N3O3. The molecule has 0 saturated carbocycles. The van der Waals surface area contributed by atoms with Crippen molar-refractivity contribution in [2.75, 3.05) is 16.8 Å². The van der Waals surface area contributed by atoms with Crippen LogP contribution in [0.4, 0.5) is 16.2 Å². The highest BCUT2D eigenvalue weighted by molar-refractivity contribution is 6.05. The highest BCUT2D eigenvalue weighted by atomic mass is 16.4. The first-order valence-electron chi connectivity index (χ1n) is 7.91. The lowest BCUT2D eigenvalue weighted by atomic mass is 10.1. The van der Waals surface area contributed by atoms with E-state index in [0.717, 1.165) is 16.5 Å². The van der Waals surface area contributed by atoms with E-state index < -0.39 is 6.09 Å². The van der Waals surface area contributed by atoms with Gasteiger partial charge < -0.3 is 10.4 Å². The SMILES string of the molecule is O=C(Nc1cnc2ccccc2c1)c1ccc2c(c1)CCN2C(=O)O. The summed E-state index contributed by atoms with van der Waals surface area (Å²) in [6.07, 6.45) is 1.26. The Bertz CT molecular complexity index is 1000. The van der Waals surface area contributed by atoms with E-state index in [2.05, 4.69) is 10.3 Å². The van der Waals surface area contributed by atoms with Gasteiger partial charge in [0.1, 0.15) is 0 Å². The normalized spacial score (nSPS) is 12.9. The lowest BCUT2D eigenvalue weighted by Gasteiger charge is -2.13. The molecule has 0 fully saturated rings. The summed E-state index contributed by atoms with van der Waals surface area (Å²) in [6.45, 7) is 0.421. The zero-order chi connectivity index (χ0) is 17.4. The van der Waals surface area contributed by atoms with Crippen LogP contribution in [0.1, 0.15) is 15.9 Å². The van der Waals surface area contributed by atoms with Gasteiger partial charge in [0.15, 0.2) is 0 Å². The molecule has 1 aliphatic heterocycles. The molecule has 6 nitrogen and oxygen atoms in total. The van der Waals surface area contributed by atoms with Gasteiger partial charge in [0.05, 0.1) is 23.1 Å². The summed E-state index contributed by atoms with van der Waals surface area (Å²) in [5.41, 5.74) is 3.51. The maximum Gasteiger partial charge on any atom is 0.411 e. The molecule has 2 heterocycles. The van der Waals surface area contributed by atoms with Crippen LogP contribution in [-0.4, -0.2) is 28.6 Å². The fourth-order valence-corrected chi connectivity index (χ4v) is 3.08. The van der Waals surface area contributed by atoms with Gasteiger partial charge in [-0.15, -0.1) is 0 Å². The minimum absolute atomic E-state index is 0.242. The first-order chi connectivity index (χ1) is 12.1. The summed E-state index contributed by atoms with van der Waals surface area (Å²) < 4.78 is 0. The lowest BCUT2D eigenvalue weighted by Crippen LogP contribution is -2.26. The lowest BCUT2D eigenvalue weighted by molar-refractivity contribution is 0.102. The molecule has 0 aliphatic carbocycles. The number of rotatable bonds is 2. The summed E-state index contributed by atoms with van der Waals surface area (Å²) >= 11 is 0. The monoisotopic (exact) mass is 333 g/mol. The predicted octanol–water partition coefficient (Wildman–Crippen LogP) is 3.53. The zero-order valence-electron chi connectivity index (χ0n) is 13.3. The Hall–Kier alpha value is -3.41. The van der Waals surface area contributed by atoms with Crippen molar-refractivity contribution in [2.24, 2.45) is 0 Å². The van der Waals surface area contributed by atoms with Crippen LogP contribution in [0.15, 0.2) is 54.7 Å². The molecule has 1 aromatic heterocycles. The van der Waals surface area contributed by atoms with E-state index in [1.165, 1.54) is 4.90 Å². The Morgan fingerprint density at radius 2 is 1.96 bits per heavy atom. The second kappa shape index (κ2) is 5.90. The van der Waals surface area contributed by atoms with Crippen LogP contribution in [0.3, 0.4) is 0 Å². The number of anilines is 2. The number of aromatic nitrogens is 1. The van der Waals surface area contributed by atoms with Gasteiger partial charge in [-0.05, 0) is 42.3 Å². The standard InChI is InChI=1S/C19H15N3O3/c23-18(21-15-10-12-3-1-2-4-16(12)20-11-15)14-5-6-17-13(9-14)7-8-22(17)19(24)25/h1-6,9-11H,7-8H2,(H,21,23)(H,24,25). The minimum atomic E-state index is -0.974. The van der Waals surface area contributed by atoms with Crippen LogP contribution in [0.25, 0.3) is 10.9 Å². The van der Waals surface area contributed by atoms with Gasteiger partial charge in [-0.1, -0.05) is 18.2 Å². The quantitative estimate of drug-likeness (QED) is 0.751. The number of fused-ring (bicyclic) bond motifs is 2. The van der Waals surface area contributed by atoms with Crippen molar-refractivity contribution in [1.82, 2.24) is 4.98 Å². The minimum Gasteiger partial charge on any atom is -0.465 e. The van der Waals surface area contributed by atoms with Gasteiger partial charge >= 0.3 is 6.09 Å². The number of nitrogens with zero attached hydrogens (tertiary/aromatic N) is 2. The number of carbonyl (C=O) groups is 2. The van der Waals surface area contributed by atoms with Crippen molar-refractivity contribution in [3.05, 3.63) is 65.9 Å². The molecule has 1 aliphatic rings. The zero-order valence-corrected chi connectivity index (χ0v) is 13.3. The van der Waals surface area contributed by atoms with Crippen molar-refractivity contribution in [3.63, 3.8) is 0 Å². The second-order valence-corrected chi connectivity index (χ2v) is 5.90. The largest absolute Gasteiger partial charge is 0.465 e. The highest BCUT2D eigenvalue weighted by Gasteiger charge is 2.25. The summed E-state index contributed by atoms with van der Waals surface area (Å²) in [5.74, 6) is -0.242. The van der Waals surface area contributed by atoms with E-state index in [0.29, 0.717) is 29.9 Å². The number of hydrogen-bond donors (Lipinski definition) is 2. The third kappa shape index (κ3) is 2.78. The Kier molecular flexibility index (Phi) is 3.57. The number of hydrogen-bond acceptors (Lipinski definition) is 3. The van der Waals surface area contributed by atoms with Gasteiger partial charge in [-0.25, -0.2) is 4.79 Å². The van der Waals surface area contributed by atoms with Crippen LogP contribution < -0.4 is 10.2 Å². The molecule has 0 radical (unpaired) electrons. The number of benzene rings is 2. The van der Waals surface area contributed by atoms with Gasteiger partial charge in [0.2, 0.25) is 0 Å². The van der Waals surface area contributed by atoms with Crippen molar-refractivity contribution in [2.45, 2.75) is 6.42 Å². The van der Waals surface area contributed by atoms with Crippen molar-refractivity contribution >= 4 is 34.3 Å². The summed E-state index contributed by atoms with van der Waals surface area (Å²) in [5, 5.41) is 13.0. The smallest absolute Gasteiger partial charge is 0.411 e. The molecule has 0 atom stereocenters. The van der Waals surface area contributed by atoms with E-state index in [1.807, 2.05) is 30.3 Å². The van der Waals surface area contributed by atoms with Crippen LogP contribution in [0.5, 0.6) is 0 Å². The molecule has 4 rings (SSSR count).